The Balaban J connectivity index is 1.94. The maximum absolute atomic E-state index is 11.8. The van der Waals surface area contributed by atoms with Gasteiger partial charge in [0.05, 0.1) is 5.71 Å². The third kappa shape index (κ3) is 1.77. The number of aliphatic carboxylic acids is 1. The first-order valence-electron chi connectivity index (χ1n) is 5.84. The minimum atomic E-state index is -1.04. The SMILES string of the molecule is O=C(O)CN1N=C(c2ccccc2)[C@@H]2C[C@H]2C1=O. The second-order valence-corrected chi connectivity index (χ2v) is 4.59. The lowest BCUT2D eigenvalue weighted by atomic mass is 10.0. The van der Waals surface area contributed by atoms with Gasteiger partial charge in [-0.3, -0.25) is 9.59 Å². The largest absolute Gasteiger partial charge is 0.480 e. The molecule has 1 amide bonds. The highest BCUT2D eigenvalue weighted by atomic mass is 16.4. The number of carboxylic acid groups (broad SMARTS) is 1. The van der Waals surface area contributed by atoms with Crippen molar-refractivity contribution in [2.75, 3.05) is 6.54 Å². The molecule has 1 aliphatic heterocycles. The average Bonchev–Trinajstić information content (AvgIpc) is 3.14. The van der Waals surface area contributed by atoms with E-state index < -0.39 is 5.97 Å². The van der Waals surface area contributed by atoms with Crippen molar-refractivity contribution in [3.05, 3.63) is 35.9 Å². The Kier molecular flexibility index (Phi) is 2.40. The Morgan fingerprint density at radius 2 is 2.06 bits per heavy atom. The number of benzene rings is 1. The number of fused-ring (bicyclic) bond motifs is 1. The smallest absolute Gasteiger partial charge is 0.325 e. The third-order valence-corrected chi connectivity index (χ3v) is 3.30. The van der Waals surface area contributed by atoms with Crippen molar-refractivity contribution in [2.45, 2.75) is 6.42 Å². The summed E-state index contributed by atoms with van der Waals surface area (Å²) in [6.07, 6.45) is 0.780. The molecule has 0 bridgehead atoms. The first-order chi connectivity index (χ1) is 8.66. The van der Waals surface area contributed by atoms with Gasteiger partial charge in [0.25, 0.3) is 0 Å². The Morgan fingerprint density at radius 1 is 1.33 bits per heavy atom. The molecule has 2 atom stereocenters. The van der Waals surface area contributed by atoms with Gasteiger partial charge in [-0.05, 0) is 12.0 Å². The summed E-state index contributed by atoms with van der Waals surface area (Å²) in [5, 5.41) is 14.1. The van der Waals surface area contributed by atoms with Crippen LogP contribution in [0.5, 0.6) is 0 Å². The molecule has 0 spiro atoms. The fourth-order valence-electron chi connectivity index (χ4n) is 2.34. The average molecular weight is 244 g/mol. The molecule has 1 saturated carbocycles. The van der Waals surface area contributed by atoms with Gasteiger partial charge in [-0.1, -0.05) is 30.3 Å². The van der Waals surface area contributed by atoms with Crippen molar-refractivity contribution < 1.29 is 14.7 Å². The van der Waals surface area contributed by atoms with Crippen LogP contribution < -0.4 is 0 Å². The molecule has 0 radical (unpaired) electrons. The minimum absolute atomic E-state index is 0.0722. The summed E-state index contributed by atoms with van der Waals surface area (Å²) < 4.78 is 0. The van der Waals surface area contributed by atoms with E-state index in [1.807, 2.05) is 30.3 Å². The molecule has 0 saturated heterocycles. The van der Waals surface area contributed by atoms with Gasteiger partial charge in [0.1, 0.15) is 6.54 Å². The highest BCUT2D eigenvalue weighted by Gasteiger charge is 2.51. The third-order valence-electron chi connectivity index (χ3n) is 3.30. The van der Waals surface area contributed by atoms with Crippen LogP contribution in [0.15, 0.2) is 35.4 Å². The number of carbonyl (C=O) groups excluding carboxylic acids is 1. The van der Waals surface area contributed by atoms with Crippen molar-refractivity contribution in [3.8, 4) is 0 Å². The van der Waals surface area contributed by atoms with Crippen LogP contribution in [0.3, 0.4) is 0 Å². The highest BCUT2D eigenvalue weighted by Crippen LogP contribution is 2.45. The lowest BCUT2D eigenvalue weighted by molar-refractivity contribution is -0.145. The van der Waals surface area contributed by atoms with Crippen LogP contribution in [-0.2, 0) is 9.59 Å². The van der Waals surface area contributed by atoms with E-state index in [1.165, 1.54) is 0 Å². The van der Waals surface area contributed by atoms with E-state index in [4.69, 9.17) is 5.11 Å². The van der Waals surface area contributed by atoms with Crippen LogP contribution in [0.1, 0.15) is 12.0 Å². The van der Waals surface area contributed by atoms with E-state index >= 15 is 0 Å². The van der Waals surface area contributed by atoms with Crippen LogP contribution in [0.2, 0.25) is 0 Å². The van der Waals surface area contributed by atoms with Crippen LogP contribution in [-0.4, -0.2) is 34.2 Å². The van der Waals surface area contributed by atoms with Crippen molar-refractivity contribution in [3.63, 3.8) is 0 Å². The maximum atomic E-state index is 11.8. The summed E-state index contributed by atoms with van der Waals surface area (Å²) in [7, 11) is 0. The Bertz CT molecular complexity index is 538. The lowest BCUT2D eigenvalue weighted by Gasteiger charge is -2.21. The first kappa shape index (κ1) is 11.0. The standard InChI is InChI=1S/C13H12N2O3/c16-11(17)7-15-13(18)10-6-9(10)12(14-15)8-4-2-1-3-5-8/h1-5,9-10H,6-7H2,(H,16,17)/t9-,10-/m1/s1. The zero-order chi connectivity index (χ0) is 12.7. The number of hydrogen-bond donors (Lipinski definition) is 1. The van der Waals surface area contributed by atoms with Crippen LogP contribution in [0.25, 0.3) is 0 Å². The highest BCUT2D eigenvalue weighted by molar-refractivity contribution is 6.09. The van der Waals surface area contributed by atoms with Gasteiger partial charge in [0.15, 0.2) is 0 Å². The summed E-state index contributed by atoms with van der Waals surface area (Å²) >= 11 is 0. The van der Waals surface area contributed by atoms with Crippen LogP contribution >= 0.6 is 0 Å². The van der Waals surface area contributed by atoms with Gasteiger partial charge in [0.2, 0.25) is 5.91 Å². The molecule has 1 fully saturated rings. The molecule has 2 aliphatic rings. The molecule has 18 heavy (non-hydrogen) atoms. The fourth-order valence-corrected chi connectivity index (χ4v) is 2.34. The van der Waals surface area contributed by atoms with E-state index in [1.54, 1.807) is 0 Å². The molecule has 5 nitrogen and oxygen atoms in total. The number of rotatable bonds is 3. The van der Waals surface area contributed by atoms with Gasteiger partial charge >= 0.3 is 5.97 Å². The van der Waals surface area contributed by atoms with E-state index in [2.05, 4.69) is 5.10 Å². The molecule has 0 unspecified atom stereocenters. The molecule has 1 aromatic carbocycles. The monoisotopic (exact) mass is 244 g/mol. The zero-order valence-electron chi connectivity index (χ0n) is 9.61. The van der Waals surface area contributed by atoms with E-state index in [0.29, 0.717) is 0 Å². The summed E-state index contributed by atoms with van der Waals surface area (Å²) in [5.41, 5.74) is 1.80. The number of hydrazone groups is 1. The van der Waals surface area contributed by atoms with Crippen LogP contribution in [0.4, 0.5) is 0 Å². The maximum Gasteiger partial charge on any atom is 0.325 e. The predicted octanol–water partition coefficient (Wildman–Crippen LogP) is 0.954. The molecule has 1 heterocycles. The van der Waals surface area contributed by atoms with Crippen molar-refractivity contribution in [1.29, 1.82) is 0 Å². The van der Waals surface area contributed by atoms with Gasteiger partial charge in [-0.25, -0.2) is 5.01 Å². The molecule has 3 rings (SSSR count). The molecular formula is C13H12N2O3. The molecular weight excluding hydrogens is 232 g/mol. The van der Waals surface area contributed by atoms with Crippen molar-refractivity contribution >= 4 is 17.6 Å². The molecule has 92 valence electrons. The Labute approximate surface area is 104 Å². The van der Waals surface area contributed by atoms with Gasteiger partial charge in [-0.2, -0.15) is 5.10 Å². The second-order valence-electron chi connectivity index (χ2n) is 4.59. The summed E-state index contributed by atoms with van der Waals surface area (Å²) in [5.74, 6) is -1.11. The summed E-state index contributed by atoms with van der Waals surface area (Å²) in [6, 6.07) is 9.60. The second kappa shape index (κ2) is 3.94. The molecule has 1 aliphatic carbocycles. The number of nitrogens with zero attached hydrogens (tertiary/aromatic N) is 2. The van der Waals surface area contributed by atoms with Crippen molar-refractivity contribution in [1.82, 2.24) is 5.01 Å². The fraction of sp³-hybridized carbons (Fsp3) is 0.308. The summed E-state index contributed by atoms with van der Waals surface area (Å²) in [4.78, 5) is 22.5. The zero-order valence-corrected chi connectivity index (χ0v) is 9.61. The van der Waals surface area contributed by atoms with Gasteiger partial charge in [0, 0.05) is 11.8 Å². The lowest BCUT2D eigenvalue weighted by Crippen LogP contribution is -2.37. The van der Waals surface area contributed by atoms with E-state index in [0.717, 1.165) is 22.7 Å². The molecule has 1 N–H and O–H groups in total. The number of carboxylic acids is 1. The summed E-state index contributed by atoms with van der Waals surface area (Å²) in [6.45, 7) is -0.363. The minimum Gasteiger partial charge on any atom is -0.480 e. The predicted molar refractivity (Wildman–Crippen MR) is 63.9 cm³/mol. The van der Waals surface area contributed by atoms with Gasteiger partial charge < -0.3 is 5.11 Å². The Morgan fingerprint density at radius 3 is 2.72 bits per heavy atom. The van der Waals surface area contributed by atoms with E-state index in [-0.39, 0.29) is 24.3 Å². The number of hydrogen-bond acceptors (Lipinski definition) is 3. The quantitative estimate of drug-likeness (QED) is 0.860. The molecule has 5 heteroatoms. The number of amides is 1. The Hall–Kier alpha value is -2.17. The van der Waals surface area contributed by atoms with Gasteiger partial charge in [-0.15, -0.1) is 0 Å². The van der Waals surface area contributed by atoms with Crippen molar-refractivity contribution in [2.24, 2.45) is 16.9 Å². The normalized spacial score (nSPS) is 25.4. The van der Waals surface area contributed by atoms with Crippen LogP contribution in [0, 0.1) is 11.8 Å². The number of carbonyl (C=O) groups is 2. The molecule has 1 aromatic rings. The molecule has 0 aromatic heterocycles. The van der Waals surface area contributed by atoms with E-state index in [9.17, 15) is 9.59 Å². The first-order valence-corrected chi connectivity index (χ1v) is 5.84. The topological polar surface area (TPSA) is 70.0 Å².